The highest BCUT2D eigenvalue weighted by molar-refractivity contribution is 6.30. The number of halogens is 4. The molecule has 1 rings (SSSR count). The summed E-state index contributed by atoms with van der Waals surface area (Å²) in [4.78, 5) is 3.30. The highest BCUT2D eigenvalue weighted by Gasteiger charge is 2.30. The molecule has 0 fully saturated rings. The Balaban J connectivity index is 3.06. The lowest BCUT2D eigenvalue weighted by molar-refractivity contribution is -0.137. The van der Waals surface area contributed by atoms with Crippen molar-refractivity contribution in [3.63, 3.8) is 0 Å². The minimum atomic E-state index is -4.36. The molecule has 1 heterocycles. The monoisotopic (exact) mass is 181 g/mol. The maximum atomic E-state index is 11.9. The van der Waals surface area contributed by atoms with Crippen LogP contribution in [0, 0.1) is 0 Å². The zero-order valence-electron chi connectivity index (χ0n) is 5.19. The molecule has 0 aromatic carbocycles. The summed E-state index contributed by atoms with van der Waals surface area (Å²) < 4.78 is 35.6. The average molecular weight is 182 g/mol. The maximum absolute atomic E-state index is 11.9. The number of alkyl halides is 3. The van der Waals surface area contributed by atoms with Gasteiger partial charge in [0.05, 0.1) is 10.6 Å². The number of nitrogens with zero attached hydrogens (tertiary/aromatic N) is 1. The van der Waals surface area contributed by atoms with Gasteiger partial charge in [0.15, 0.2) is 0 Å². The predicted molar refractivity (Wildman–Crippen MR) is 34.2 cm³/mol. The van der Waals surface area contributed by atoms with Crippen molar-refractivity contribution in [1.29, 1.82) is 0 Å². The van der Waals surface area contributed by atoms with E-state index in [-0.39, 0.29) is 5.02 Å². The van der Waals surface area contributed by atoms with Crippen LogP contribution in [0.2, 0.25) is 5.02 Å². The van der Waals surface area contributed by atoms with Gasteiger partial charge in [-0.3, -0.25) is 4.98 Å². The lowest BCUT2D eigenvalue weighted by Crippen LogP contribution is -2.04. The lowest BCUT2D eigenvalue weighted by atomic mass is 10.3. The lowest BCUT2D eigenvalue weighted by Gasteiger charge is -2.04. The molecule has 0 aliphatic carbocycles. The van der Waals surface area contributed by atoms with E-state index < -0.39 is 11.7 Å². The smallest absolute Gasteiger partial charge is 0.263 e. The van der Waals surface area contributed by atoms with Crippen LogP contribution >= 0.6 is 11.6 Å². The van der Waals surface area contributed by atoms with Gasteiger partial charge >= 0.3 is 6.18 Å². The Morgan fingerprint density at radius 1 is 1.27 bits per heavy atom. The number of rotatable bonds is 0. The van der Waals surface area contributed by atoms with Gasteiger partial charge in [0.1, 0.15) is 0 Å². The van der Waals surface area contributed by atoms with Crippen LogP contribution in [0.3, 0.4) is 0 Å². The molecule has 0 saturated heterocycles. The molecular formula is C6H3ClF3N. The Morgan fingerprint density at radius 2 is 1.91 bits per heavy atom. The first-order valence-corrected chi connectivity index (χ1v) is 3.05. The number of hydrogen-bond acceptors (Lipinski definition) is 1. The zero-order chi connectivity index (χ0) is 8.48. The van der Waals surface area contributed by atoms with Gasteiger partial charge in [0.25, 0.3) is 0 Å². The standard InChI is InChI=1S/C6H3ClF3N/c7-5-1-4(2-11-3-5)6(8,9)10/h1-3H. The second-order valence-electron chi connectivity index (χ2n) is 1.89. The summed E-state index contributed by atoms with van der Waals surface area (Å²) in [5.74, 6) is 0. The highest BCUT2D eigenvalue weighted by atomic mass is 35.5. The molecule has 0 saturated carbocycles. The molecule has 0 atom stereocenters. The topological polar surface area (TPSA) is 12.9 Å². The average Bonchev–Trinajstić information content (AvgIpc) is 1.86. The predicted octanol–water partition coefficient (Wildman–Crippen LogP) is 2.75. The summed E-state index contributed by atoms with van der Waals surface area (Å²) in [7, 11) is 0. The van der Waals surface area contributed by atoms with E-state index in [1.807, 2.05) is 0 Å². The second kappa shape index (κ2) is 2.70. The van der Waals surface area contributed by atoms with Crippen LogP contribution in [0.25, 0.3) is 0 Å². The molecule has 60 valence electrons. The largest absolute Gasteiger partial charge is 0.417 e. The Labute approximate surface area is 65.8 Å². The number of pyridine rings is 1. The molecule has 11 heavy (non-hydrogen) atoms. The fourth-order valence-corrected chi connectivity index (χ4v) is 0.741. The Hall–Kier alpha value is -0.770. The number of hydrogen-bond donors (Lipinski definition) is 0. The highest BCUT2D eigenvalue weighted by Crippen LogP contribution is 2.29. The number of aromatic nitrogens is 1. The van der Waals surface area contributed by atoms with E-state index in [2.05, 4.69) is 4.98 Å². The van der Waals surface area contributed by atoms with Gasteiger partial charge in [0.2, 0.25) is 0 Å². The fourth-order valence-electron chi connectivity index (χ4n) is 0.567. The van der Waals surface area contributed by atoms with Crippen LogP contribution in [0.1, 0.15) is 5.56 Å². The van der Waals surface area contributed by atoms with Gasteiger partial charge in [-0.15, -0.1) is 0 Å². The van der Waals surface area contributed by atoms with Gasteiger partial charge in [-0.05, 0) is 6.07 Å². The Kier molecular flexibility index (Phi) is 2.04. The summed E-state index contributed by atoms with van der Waals surface area (Å²) in [6.07, 6.45) is -2.49. The minimum Gasteiger partial charge on any atom is -0.263 e. The molecule has 0 radical (unpaired) electrons. The van der Waals surface area contributed by atoms with E-state index in [1.165, 1.54) is 0 Å². The van der Waals surface area contributed by atoms with Crippen molar-refractivity contribution < 1.29 is 13.2 Å². The SMILES string of the molecule is FC(F)(F)c1cncc(Cl)c1. The first-order chi connectivity index (χ1) is 5.00. The van der Waals surface area contributed by atoms with Crippen LogP contribution in [0.15, 0.2) is 18.5 Å². The third-order valence-corrected chi connectivity index (χ3v) is 1.24. The fraction of sp³-hybridized carbons (Fsp3) is 0.167. The summed E-state index contributed by atoms with van der Waals surface area (Å²) in [6, 6.07) is 0.828. The van der Waals surface area contributed by atoms with Crippen LogP contribution in [-0.4, -0.2) is 4.98 Å². The molecule has 1 aromatic rings. The third kappa shape index (κ3) is 2.08. The van der Waals surface area contributed by atoms with Gasteiger partial charge < -0.3 is 0 Å². The van der Waals surface area contributed by atoms with Crippen molar-refractivity contribution >= 4 is 11.6 Å². The van der Waals surface area contributed by atoms with Crippen LogP contribution in [-0.2, 0) is 6.18 Å². The van der Waals surface area contributed by atoms with E-state index in [1.54, 1.807) is 0 Å². The van der Waals surface area contributed by atoms with Gasteiger partial charge in [-0.1, -0.05) is 11.6 Å². The molecule has 5 heteroatoms. The van der Waals surface area contributed by atoms with Crippen molar-refractivity contribution in [3.8, 4) is 0 Å². The molecular weight excluding hydrogens is 179 g/mol. The molecule has 0 amide bonds. The van der Waals surface area contributed by atoms with E-state index in [9.17, 15) is 13.2 Å². The van der Waals surface area contributed by atoms with E-state index in [0.717, 1.165) is 18.5 Å². The summed E-state index contributed by atoms with van der Waals surface area (Å²) in [5.41, 5.74) is -0.829. The molecule has 1 nitrogen and oxygen atoms in total. The maximum Gasteiger partial charge on any atom is 0.417 e. The minimum absolute atomic E-state index is 0.0141. The molecule has 0 aliphatic heterocycles. The van der Waals surface area contributed by atoms with E-state index in [4.69, 9.17) is 11.6 Å². The van der Waals surface area contributed by atoms with Gasteiger partial charge in [-0.25, -0.2) is 0 Å². The van der Waals surface area contributed by atoms with Gasteiger partial charge in [0, 0.05) is 12.4 Å². The molecule has 0 spiro atoms. The van der Waals surface area contributed by atoms with Crippen LogP contribution < -0.4 is 0 Å². The molecule has 0 bridgehead atoms. The Morgan fingerprint density at radius 3 is 2.27 bits per heavy atom. The van der Waals surface area contributed by atoms with Crippen molar-refractivity contribution in [3.05, 3.63) is 29.0 Å². The summed E-state index contributed by atoms with van der Waals surface area (Å²) in [6.45, 7) is 0. The van der Waals surface area contributed by atoms with Crippen molar-refractivity contribution in [2.45, 2.75) is 6.18 Å². The van der Waals surface area contributed by atoms with Gasteiger partial charge in [-0.2, -0.15) is 13.2 Å². The third-order valence-electron chi connectivity index (χ3n) is 1.03. The Bertz CT molecular complexity index is 258. The van der Waals surface area contributed by atoms with E-state index >= 15 is 0 Å². The summed E-state index contributed by atoms with van der Waals surface area (Å²) >= 11 is 5.29. The molecule has 1 aromatic heterocycles. The zero-order valence-corrected chi connectivity index (χ0v) is 5.95. The van der Waals surface area contributed by atoms with Crippen molar-refractivity contribution in [2.75, 3.05) is 0 Å². The molecule has 0 N–H and O–H groups in total. The van der Waals surface area contributed by atoms with Crippen LogP contribution in [0.4, 0.5) is 13.2 Å². The van der Waals surface area contributed by atoms with Crippen LogP contribution in [0.5, 0.6) is 0 Å². The molecule has 0 aliphatic rings. The second-order valence-corrected chi connectivity index (χ2v) is 2.33. The first-order valence-electron chi connectivity index (χ1n) is 2.68. The molecule has 0 unspecified atom stereocenters. The quantitative estimate of drug-likeness (QED) is 0.600. The van der Waals surface area contributed by atoms with Crippen molar-refractivity contribution in [1.82, 2.24) is 4.98 Å². The first kappa shape index (κ1) is 8.33. The van der Waals surface area contributed by atoms with Crippen molar-refractivity contribution in [2.24, 2.45) is 0 Å². The summed E-state index contributed by atoms with van der Waals surface area (Å²) in [5, 5.41) is -0.0141. The normalized spacial score (nSPS) is 11.6. The van der Waals surface area contributed by atoms with E-state index in [0.29, 0.717) is 0 Å².